The standard InChI is InChI=1S/C47H74O18/c1-42(2)14-16-47(41(59)65-39-32(54)30(52)29(51)24(19-48)61-39)17-15-45(6)21(22(47)18-42)8-9-26-44(5)12-11-27(43(3,4)25(44)10-13-46(26,45)7)62-40-34(56)35(33(55)36(64-40)37(57)58)63-38-31(53)28(50)23(49)20-60-38/h8,22-36,38-40,48-56H,9-20H2,1-7H3,(H,57,58)/t22-,23+,24+,25-,26+,27+,28-,29+,30-,31+,32+,33-,34+,35-,36-,38-,39-,40+,44-,45+,46+,47-/m0/s1. The zero-order valence-corrected chi connectivity index (χ0v) is 38.7. The Bertz CT molecular complexity index is 1820. The van der Waals surface area contributed by atoms with Gasteiger partial charge in [-0.15, -0.1) is 0 Å². The minimum atomic E-state index is -1.90. The van der Waals surface area contributed by atoms with Crippen LogP contribution in [-0.2, 0) is 38.0 Å². The van der Waals surface area contributed by atoms with Gasteiger partial charge in [0.05, 0.1) is 24.7 Å². The molecule has 0 aromatic rings. The monoisotopic (exact) mass is 926 g/mol. The minimum Gasteiger partial charge on any atom is -0.479 e. The fourth-order valence-corrected chi connectivity index (χ4v) is 14.7. The highest BCUT2D eigenvalue weighted by Gasteiger charge is 2.70. The molecule has 18 heteroatoms. The summed E-state index contributed by atoms with van der Waals surface area (Å²) in [4.78, 5) is 27.0. The first-order chi connectivity index (χ1) is 30.3. The van der Waals surface area contributed by atoms with Crippen molar-refractivity contribution in [3.63, 3.8) is 0 Å². The van der Waals surface area contributed by atoms with E-state index in [1.54, 1.807) is 0 Å². The van der Waals surface area contributed by atoms with E-state index in [0.29, 0.717) is 19.3 Å². The van der Waals surface area contributed by atoms with Gasteiger partial charge in [0.15, 0.2) is 18.7 Å². The number of carboxylic acid groups (broad SMARTS) is 1. The van der Waals surface area contributed by atoms with Gasteiger partial charge in [-0.05, 0) is 109 Å². The van der Waals surface area contributed by atoms with Gasteiger partial charge in [0.2, 0.25) is 6.29 Å². The highest BCUT2D eigenvalue weighted by atomic mass is 16.7. The lowest BCUT2D eigenvalue weighted by Gasteiger charge is -2.71. The van der Waals surface area contributed by atoms with Crippen molar-refractivity contribution >= 4 is 11.9 Å². The number of esters is 1. The van der Waals surface area contributed by atoms with Crippen molar-refractivity contribution in [2.45, 2.75) is 205 Å². The molecule has 0 amide bonds. The predicted octanol–water partition coefficient (Wildman–Crippen LogP) is 0.872. The van der Waals surface area contributed by atoms with Crippen molar-refractivity contribution in [3.05, 3.63) is 11.6 Å². The molecule has 7 fully saturated rings. The summed E-state index contributed by atoms with van der Waals surface area (Å²) in [6.07, 6.45) is -13.7. The number of carbonyl (C=O) groups is 2. The summed E-state index contributed by atoms with van der Waals surface area (Å²) in [6, 6.07) is 0. The number of carbonyl (C=O) groups excluding carboxylic acids is 1. The van der Waals surface area contributed by atoms with E-state index < -0.39 is 128 Å². The molecule has 8 rings (SSSR count). The smallest absolute Gasteiger partial charge is 0.335 e. The van der Waals surface area contributed by atoms with Gasteiger partial charge in [0.1, 0.15) is 61.0 Å². The highest BCUT2D eigenvalue weighted by molar-refractivity contribution is 5.79. The van der Waals surface area contributed by atoms with E-state index in [9.17, 15) is 60.7 Å². The highest BCUT2D eigenvalue weighted by Crippen LogP contribution is 2.76. The minimum absolute atomic E-state index is 0.0677. The van der Waals surface area contributed by atoms with Crippen LogP contribution in [0.3, 0.4) is 0 Å². The molecular formula is C47H74O18. The third-order valence-corrected chi connectivity index (χ3v) is 18.9. The van der Waals surface area contributed by atoms with Crippen LogP contribution >= 0.6 is 0 Å². The number of aliphatic hydroxyl groups is 9. The van der Waals surface area contributed by atoms with E-state index in [4.69, 9.17) is 28.4 Å². The summed E-state index contributed by atoms with van der Waals surface area (Å²) < 4.78 is 35.1. The van der Waals surface area contributed by atoms with E-state index in [1.165, 1.54) is 5.57 Å². The summed E-state index contributed by atoms with van der Waals surface area (Å²) in [5.74, 6) is -1.80. The number of rotatable bonds is 8. The van der Waals surface area contributed by atoms with Crippen LogP contribution in [0.2, 0.25) is 0 Å². The Labute approximate surface area is 380 Å². The van der Waals surface area contributed by atoms with Crippen LogP contribution in [0.25, 0.3) is 0 Å². The SMILES string of the molecule is CC1(C)CC[C@]2(C(=O)O[C@@H]3O[C@H](CO)[C@@H](O)[C@H](O)[C@H]3O)CC[C@]3(C)C(=CC[C@@H]4[C@@]5(C)CC[C@@H](O[C@@H]6O[C@H](C(=O)O)[C@@H](O)[C@H](O[C@@H]7OC[C@@H](O)[C@H](O)[C@H]7O)[C@H]6O)C(C)(C)[C@@H]5CC[C@]43C)[C@@H]2C1. The molecule has 4 saturated carbocycles. The zero-order chi connectivity index (χ0) is 47.6. The molecule has 18 nitrogen and oxygen atoms in total. The summed E-state index contributed by atoms with van der Waals surface area (Å²) in [6.45, 7) is 14.9. The lowest BCUT2D eigenvalue weighted by atomic mass is 9.33. The largest absolute Gasteiger partial charge is 0.479 e. The number of allylic oxidation sites excluding steroid dienone is 2. The Morgan fingerprint density at radius 3 is 2.06 bits per heavy atom. The Hall–Kier alpha value is -1.88. The molecule has 0 bridgehead atoms. The van der Waals surface area contributed by atoms with Crippen molar-refractivity contribution in [3.8, 4) is 0 Å². The molecule has 370 valence electrons. The molecule has 8 aliphatic rings. The van der Waals surface area contributed by atoms with Crippen molar-refractivity contribution < 1.29 is 89.1 Å². The average molecular weight is 927 g/mol. The van der Waals surface area contributed by atoms with E-state index >= 15 is 0 Å². The molecule has 0 unspecified atom stereocenters. The van der Waals surface area contributed by atoms with Crippen molar-refractivity contribution in [1.82, 2.24) is 0 Å². The number of fused-ring (bicyclic) bond motifs is 7. The summed E-state index contributed by atoms with van der Waals surface area (Å²) in [5, 5.41) is 105. The van der Waals surface area contributed by atoms with Crippen LogP contribution in [0.1, 0.15) is 113 Å². The van der Waals surface area contributed by atoms with Crippen LogP contribution in [0.15, 0.2) is 11.6 Å². The second-order valence-corrected chi connectivity index (χ2v) is 23.1. The second-order valence-electron chi connectivity index (χ2n) is 23.1. The summed E-state index contributed by atoms with van der Waals surface area (Å²) >= 11 is 0. The van der Waals surface area contributed by atoms with Crippen LogP contribution in [0.5, 0.6) is 0 Å². The summed E-state index contributed by atoms with van der Waals surface area (Å²) in [5.41, 5.74) is -0.846. The van der Waals surface area contributed by atoms with E-state index in [-0.39, 0.29) is 39.4 Å². The van der Waals surface area contributed by atoms with Gasteiger partial charge in [-0.2, -0.15) is 0 Å². The van der Waals surface area contributed by atoms with E-state index in [1.807, 2.05) is 0 Å². The number of aliphatic carboxylic acids is 1. The van der Waals surface area contributed by atoms with Gasteiger partial charge in [0, 0.05) is 0 Å². The average Bonchev–Trinajstić information content (AvgIpc) is 3.24. The normalized spacial score (nSPS) is 52.7. The third-order valence-electron chi connectivity index (χ3n) is 18.9. The first-order valence-corrected chi connectivity index (χ1v) is 23.7. The second kappa shape index (κ2) is 17.2. The van der Waals surface area contributed by atoms with Crippen LogP contribution < -0.4 is 0 Å². The number of hydrogen-bond donors (Lipinski definition) is 10. The molecule has 22 atom stereocenters. The Morgan fingerprint density at radius 2 is 1.38 bits per heavy atom. The number of carboxylic acids is 1. The van der Waals surface area contributed by atoms with Crippen molar-refractivity contribution in [1.29, 1.82) is 0 Å². The third kappa shape index (κ3) is 7.76. The molecule has 65 heavy (non-hydrogen) atoms. The van der Waals surface area contributed by atoms with Gasteiger partial charge in [-0.25, -0.2) is 4.79 Å². The fourth-order valence-electron chi connectivity index (χ4n) is 14.7. The van der Waals surface area contributed by atoms with Crippen molar-refractivity contribution in [2.24, 2.45) is 50.2 Å². The maximum Gasteiger partial charge on any atom is 0.335 e. The van der Waals surface area contributed by atoms with Gasteiger partial charge in [-0.1, -0.05) is 60.1 Å². The first-order valence-electron chi connectivity index (χ1n) is 23.7. The lowest BCUT2D eigenvalue weighted by Crippen LogP contribution is -2.67. The number of aliphatic hydroxyl groups excluding tert-OH is 9. The number of ether oxygens (including phenoxy) is 6. The Balaban J connectivity index is 1.03. The molecule has 0 aromatic carbocycles. The summed E-state index contributed by atoms with van der Waals surface area (Å²) in [7, 11) is 0. The molecule has 0 spiro atoms. The zero-order valence-electron chi connectivity index (χ0n) is 38.7. The molecule has 10 N–H and O–H groups in total. The topological polar surface area (TPSA) is 292 Å². The molecule has 3 aliphatic heterocycles. The quantitative estimate of drug-likeness (QED) is 0.0918. The van der Waals surface area contributed by atoms with E-state index in [2.05, 4.69) is 54.5 Å². The van der Waals surface area contributed by atoms with Crippen LogP contribution in [-0.4, -0.2) is 168 Å². The van der Waals surface area contributed by atoms with Crippen molar-refractivity contribution in [2.75, 3.05) is 13.2 Å². The maximum absolute atomic E-state index is 14.7. The molecule has 3 saturated heterocycles. The van der Waals surface area contributed by atoms with Gasteiger partial charge < -0.3 is 79.5 Å². The van der Waals surface area contributed by atoms with E-state index in [0.717, 1.165) is 44.9 Å². The molecule has 0 aromatic heterocycles. The molecular weight excluding hydrogens is 852 g/mol. The first kappa shape index (κ1) is 49.5. The molecule has 0 radical (unpaired) electrons. The maximum atomic E-state index is 14.7. The van der Waals surface area contributed by atoms with Crippen LogP contribution in [0, 0.1) is 50.2 Å². The Kier molecular flexibility index (Phi) is 13.1. The number of hydrogen-bond acceptors (Lipinski definition) is 17. The molecule has 3 heterocycles. The lowest BCUT2D eigenvalue weighted by molar-refractivity contribution is -0.357. The fraction of sp³-hybridized carbons (Fsp3) is 0.915. The van der Waals surface area contributed by atoms with Crippen LogP contribution in [0.4, 0.5) is 0 Å². The predicted molar refractivity (Wildman–Crippen MR) is 225 cm³/mol. The van der Waals surface area contributed by atoms with Gasteiger partial charge in [0.25, 0.3) is 0 Å². The Morgan fingerprint density at radius 1 is 0.708 bits per heavy atom. The molecule has 5 aliphatic carbocycles. The van der Waals surface area contributed by atoms with Gasteiger partial charge >= 0.3 is 11.9 Å². The van der Waals surface area contributed by atoms with Gasteiger partial charge in [-0.3, -0.25) is 4.79 Å².